The Kier molecular flexibility index (Phi) is 3.74. The summed E-state index contributed by atoms with van der Waals surface area (Å²) in [4.78, 5) is 19.0. The second-order valence-electron chi connectivity index (χ2n) is 5.85. The van der Waals surface area contributed by atoms with Crippen LogP contribution in [0.5, 0.6) is 0 Å². The Morgan fingerprint density at radius 3 is 2.62 bits per heavy atom. The van der Waals surface area contributed by atoms with E-state index in [4.69, 9.17) is 4.74 Å². The van der Waals surface area contributed by atoms with Gasteiger partial charge in [0.1, 0.15) is 0 Å². The number of aryl methyl sites for hydroxylation is 1. The fourth-order valence-electron chi connectivity index (χ4n) is 2.91. The molecule has 0 spiro atoms. The molecule has 3 aromatic rings. The van der Waals surface area contributed by atoms with Crippen LogP contribution in [0.1, 0.15) is 16.2 Å². The molecule has 0 radical (unpaired) electrons. The number of fused-ring (bicyclic) bond motifs is 1. The van der Waals surface area contributed by atoms with Crippen molar-refractivity contribution < 1.29 is 9.53 Å². The van der Waals surface area contributed by atoms with Gasteiger partial charge in [-0.05, 0) is 13.0 Å². The van der Waals surface area contributed by atoms with Gasteiger partial charge in [0.2, 0.25) is 0 Å². The summed E-state index contributed by atoms with van der Waals surface area (Å²) in [6, 6.07) is 13.7. The molecule has 0 saturated carbocycles. The minimum absolute atomic E-state index is 0.0653. The van der Waals surface area contributed by atoms with Gasteiger partial charge in [-0.3, -0.25) is 4.79 Å². The number of morpholine rings is 1. The van der Waals surface area contributed by atoms with Crippen LogP contribution in [0.15, 0.2) is 42.5 Å². The second kappa shape index (κ2) is 6.05. The van der Waals surface area contributed by atoms with Crippen LogP contribution in [0.2, 0.25) is 0 Å². The minimum Gasteiger partial charge on any atom is -0.378 e. The highest BCUT2D eigenvalue weighted by Crippen LogP contribution is 2.20. The standard InChI is InChI=1S/C18H18N4O2/c1-13-11-15(14-5-3-2-4-6-14)19-17-12-16(20-22(13)17)18(23)21-7-9-24-10-8-21/h2-6,11-12H,7-10H2,1H3. The van der Waals surface area contributed by atoms with Crippen molar-refractivity contribution in [3.05, 3.63) is 53.9 Å². The van der Waals surface area contributed by atoms with Gasteiger partial charge in [-0.15, -0.1) is 0 Å². The van der Waals surface area contributed by atoms with Crippen molar-refractivity contribution >= 4 is 11.6 Å². The van der Waals surface area contributed by atoms with Gasteiger partial charge in [0.15, 0.2) is 11.3 Å². The molecule has 24 heavy (non-hydrogen) atoms. The van der Waals surface area contributed by atoms with Gasteiger partial charge in [-0.25, -0.2) is 9.50 Å². The van der Waals surface area contributed by atoms with E-state index in [1.165, 1.54) is 0 Å². The topological polar surface area (TPSA) is 59.7 Å². The van der Waals surface area contributed by atoms with Crippen molar-refractivity contribution in [2.24, 2.45) is 0 Å². The molecule has 1 amide bonds. The maximum Gasteiger partial charge on any atom is 0.274 e. The molecule has 1 fully saturated rings. The van der Waals surface area contributed by atoms with Crippen molar-refractivity contribution in [2.75, 3.05) is 26.3 Å². The van der Waals surface area contributed by atoms with Gasteiger partial charge in [0.25, 0.3) is 5.91 Å². The molecule has 1 aromatic carbocycles. The Hall–Kier alpha value is -2.73. The number of hydrogen-bond acceptors (Lipinski definition) is 4. The summed E-state index contributed by atoms with van der Waals surface area (Å²) in [5, 5.41) is 4.44. The Balaban J connectivity index is 1.72. The summed E-state index contributed by atoms with van der Waals surface area (Å²) < 4.78 is 7.02. The molecule has 0 atom stereocenters. The van der Waals surface area contributed by atoms with Crippen LogP contribution in [-0.4, -0.2) is 51.7 Å². The van der Waals surface area contributed by atoms with Gasteiger partial charge in [0.05, 0.1) is 18.9 Å². The Morgan fingerprint density at radius 2 is 1.88 bits per heavy atom. The number of benzene rings is 1. The molecule has 0 aliphatic carbocycles. The van der Waals surface area contributed by atoms with Crippen molar-refractivity contribution in [1.29, 1.82) is 0 Å². The average Bonchev–Trinajstić information content (AvgIpc) is 3.07. The molecule has 6 heteroatoms. The first-order valence-electron chi connectivity index (χ1n) is 8.02. The molecule has 1 aliphatic heterocycles. The lowest BCUT2D eigenvalue weighted by molar-refractivity contribution is 0.0299. The van der Waals surface area contributed by atoms with Crippen LogP contribution in [0.25, 0.3) is 16.9 Å². The van der Waals surface area contributed by atoms with Crippen LogP contribution in [0.4, 0.5) is 0 Å². The number of amides is 1. The molecule has 1 aliphatic rings. The molecule has 3 heterocycles. The first-order valence-corrected chi connectivity index (χ1v) is 8.02. The number of hydrogen-bond donors (Lipinski definition) is 0. The molecule has 0 N–H and O–H groups in total. The monoisotopic (exact) mass is 322 g/mol. The van der Waals surface area contributed by atoms with Gasteiger partial charge >= 0.3 is 0 Å². The zero-order valence-corrected chi connectivity index (χ0v) is 13.5. The smallest absolute Gasteiger partial charge is 0.274 e. The Labute approximate surface area is 139 Å². The maximum absolute atomic E-state index is 12.6. The van der Waals surface area contributed by atoms with Crippen LogP contribution in [0, 0.1) is 6.92 Å². The maximum atomic E-state index is 12.6. The first-order chi connectivity index (χ1) is 11.7. The van der Waals surface area contributed by atoms with Crippen molar-refractivity contribution in [3.63, 3.8) is 0 Å². The van der Waals surface area contributed by atoms with Gasteiger partial charge in [-0.1, -0.05) is 30.3 Å². The number of nitrogens with zero attached hydrogens (tertiary/aromatic N) is 4. The van der Waals surface area contributed by atoms with Crippen LogP contribution >= 0.6 is 0 Å². The van der Waals surface area contributed by atoms with E-state index in [-0.39, 0.29) is 5.91 Å². The van der Waals surface area contributed by atoms with E-state index in [9.17, 15) is 4.79 Å². The largest absolute Gasteiger partial charge is 0.378 e. The summed E-state index contributed by atoms with van der Waals surface area (Å²) in [6.45, 7) is 4.34. The molecule has 6 nitrogen and oxygen atoms in total. The summed E-state index contributed by atoms with van der Waals surface area (Å²) in [5.41, 5.74) is 3.99. The lowest BCUT2D eigenvalue weighted by Gasteiger charge is -2.25. The molecule has 2 aromatic heterocycles. The summed E-state index contributed by atoms with van der Waals surface area (Å²) >= 11 is 0. The number of aromatic nitrogens is 3. The molecular formula is C18H18N4O2. The third-order valence-corrected chi connectivity index (χ3v) is 4.19. The Bertz CT molecular complexity index is 883. The number of carbonyl (C=O) groups excluding carboxylic acids is 1. The van der Waals surface area contributed by atoms with Crippen molar-refractivity contribution in [1.82, 2.24) is 19.5 Å². The van der Waals surface area contributed by atoms with Crippen LogP contribution < -0.4 is 0 Å². The number of ether oxygens (including phenoxy) is 1. The fourth-order valence-corrected chi connectivity index (χ4v) is 2.91. The van der Waals surface area contributed by atoms with Crippen LogP contribution in [-0.2, 0) is 4.74 Å². The molecule has 1 saturated heterocycles. The predicted molar refractivity (Wildman–Crippen MR) is 89.9 cm³/mol. The lowest BCUT2D eigenvalue weighted by Crippen LogP contribution is -2.40. The highest BCUT2D eigenvalue weighted by molar-refractivity contribution is 5.93. The third kappa shape index (κ3) is 2.65. The quantitative estimate of drug-likeness (QED) is 0.725. The van der Waals surface area contributed by atoms with E-state index in [1.807, 2.05) is 43.3 Å². The van der Waals surface area contributed by atoms with Crippen molar-refractivity contribution in [2.45, 2.75) is 6.92 Å². The van der Waals surface area contributed by atoms with Crippen molar-refractivity contribution in [3.8, 4) is 11.3 Å². The second-order valence-corrected chi connectivity index (χ2v) is 5.85. The summed E-state index contributed by atoms with van der Waals surface area (Å²) in [7, 11) is 0. The minimum atomic E-state index is -0.0653. The van der Waals surface area contributed by atoms with Gasteiger partial charge in [-0.2, -0.15) is 5.10 Å². The first kappa shape index (κ1) is 14.8. The highest BCUT2D eigenvalue weighted by atomic mass is 16.5. The fraction of sp³-hybridized carbons (Fsp3) is 0.278. The highest BCUT2D eigenvalue weighted by Gasteiger charge is 2.22. The van der Waals surface area contributed by atoms with E-state index in [0.29, 0.717) is 37.6 Å². The summed E-state index contributed by atoms with van der Waals surface area (Å²) in [5.74, 6) is -0.0653. The van der Waals surface area contributed by atoms with E-state index in [0.717, 1.165) is 17.0 Å². The lowest BCUT2D eigenvalue weighted by atomic mass is 10.1. The SMILES string of the molecule is Cc1cc(-c2ccccc2)nc2cc(C(=O)N3CCOCC3)nn12. The summed E-state index contributed by atoms with van der Waals surface area (Å²) in [6.07, 6.45) is 0. The normalized spacial score (nSPS) is 15.0. The third-order valence-electron chi connectivity index (χ3n) is 4.19. The molecule has 4 rings (SSSR count). The van der Waals surface area contributed by atoms with E-state index in [1.54, 1.807) is 15.5 Å². The number of rotatable bonds is 2. The molecular weight excluding hydrogens is 304 g/mol. The average molecular weight is 322 g/mol. The molecule has 122 valence electrons. The zero-order chi connectivity index (χ0) is 16.5. The predicted octanol–water partition coefficient (Wildman–Crippen LogP) is 2.18. The van der Waals surface area contributed by atoms with Crippen LogP contribution in [0.3, 0.4) is 0 Å². The zero-order valence-electron chi connectivity index (χ0n) is 13.5. The molecule has 0 bridgehead atoms. The number of carbonyl (C=O) groups is 1. The van der Waals surface area contributed by atoms with E-state index < -0.39 is 0 Å². The Morgan fingerprint density at radius 1 is 1.12 bits per heavy atom. The van der Waals surface area contributed by atoms with E-state index >= 15 is 0 Å². The van der Waals surface area contributed by atoms with Gasteiger partial charge in [0, 0.05) is 30.4 Å². The molecule has 0 unspecified atom stereocenters. The van der Waals surface area contributed by atoms with Gasteiger partial charge < -0.3 is 9.64 Å². The van der Waals surface area contributed by atoms with E-state index in [2.05, 4.69) is 10.1 Å².